The number of hydrogen-bond donors (Lipinski definition) is 2. The van der Waals surface area contributed by atoms with E-state index in [0.29, 0.717) is 40.3 Å². The zero-order chi connectivity index (χ0) is 24.5. The van der Waals surface area contributed by atoms with Crippen molar-refractivity contribution in [2.24, 2.45) is 0 Å². The Morgan fingerprint density at radius 2 is 1.74 bits per heavy atom. The molecule has 0 aliphatic heterocycles. The zero-order valence-corrected chi connectivity index (χ0v) is 19.9. The fourth-order valence-corrected chi connectivity index (χ4v) is 4.22. The fraction of sp³-hybridized carbons (Fsp3) is 0.238. The average molecular weight is 504 g/mol. The van der Waals surface area contributed by atoms with Crippen LogP contribution in [0.1, 0.15) is 24.2 Å². The molecule has 0 aliphatic carbocycles. The molecule has 3 aromatic rings. The van der Waals surface area contributed by atoms with Crippen LogP contribution in [-0.2, 0) is 4.79 Å². The molecule has 178 valence electrons. The quantitative estimate of drug-likeness (QED) is 0.170. The summed E-state index contributed by atoms with van der Waals surface area (Å²) in [5.41, 5.74) is 0.761. The number of benzene rings is 2. The lowest BCUT2D eigenvalue weighted by Gasteiger charge is -2.12. The van der Waals surface area contributed by atoms with Crippen molar-refractivity contribution >= 4 is 51.4 Å². The summed E-state index contributed by atoms with van der Waals surface area (Å²) in [4.78, 5) is 34.9. The Morgan fingerprint density at radius 3 is 2.41 bits per heavy atom. The summed E-state index contributed by atoms with van der Waals surface area (Å²) in [5.74, 6) is 0.396. The Bertz CT molecular complexity index is 1170. The number of nitro benzene ring substituents is 1. The summed E-state index contributed by atoms with van der Waals surface area (Å²) < 4.78 is 11.5. The summed E-state index contributed by atoms with van der Waals surface area (Å²) in [6.07, 6.45) is 0. The average Bonchev–Trinajstić information content (AvgIpc) is 3.26. The lowest BCUT2D eigenvalue weighted by molar-refractivity contribution is -0.384. The molecular formula is C21H21N5O6S2. The Labute approximate surface area is 203 Å². The van der Waals surface area contributed by atoms with Crippen LogP contribution >= 0.6 is 23.1 Å². The Balaban J connectivity index is 1.53. The van der Waals surface area contributed by atoms with Crippen molar-refractivity contribution in [1.82, 2.24) is 10.2 Å². The van der Waals surface area contributed by atoms with Gasteiger partial charge in [0.2, 0.25) is 11.0 Å². The first kappa shape index (κ1) is 24.9. The van der Waals surface area contributed by atoms with E-state index in [0.717, 1.165) is 23.1 Å². The second kappa shape index (κ2) is 12.0. The first-order valence-corrected chi connectivity index (χ1v) is 11.9. The van der Waals surface area contributed by atoms with Crippen LogP contribution in [0, 0.1) is 10.1 Å². The summed E-state index contributed by atoms with van der Waals surface area (Å²) in [6, 6.07) is 10.4. The summed E-state index contributed by atoms with van der Waals surface area (Å²) in [6.45, 7) is 4.61. The third-order valence-electron chi connectivity index (χ3n) is 4.12. The van der Waals surface area contributed by atoms with E-state index in [9.17, 15) is 19.7 Å². The number of rotatable bonds is 11. The summed E-state index contributed by atoms with van der Waals surface area (Å²) >= 11 is 2.29. The number of aromatic nitrogens is 2. The Morgan fingerprint density at radius 1 is 1.03 bits per heavy atom. The minimum absolute atomic E-state index is 0.0518. The molecular weight excluding hydrogens is 482 g/mol. The molecule has 13 heteroatoms. The van der Waals surface area contributed by atoms with E-state index in [1.165, 1.54) is 24.3 Å². The van der Waals surface area contributed by atoms with Gasteiger partial charge in [-0.05, 0) is 44.2 Å². The second-order valence-electron chi connectivity index (χ2n) is 6.50. The van der Waals surface area contributed by atoms with Crippen molar-refractivity contribution in [2.45, 2.75) is 18.2 Å². The van der Waals surface area contributed by atoms with E-state index in [2.05, 4.69) is 20.8 Å². The number of non-ortho nitro benzene ring substituents is 1. The van der Waals surface area contributed by atoms with Gasteiger partial charge in [0.05, 0.1) is 23.9 Å². The SMILES string of the molecule is CCOc1ccc(C(=O)Nc2nnc(SCC(=O)Nc3ccc([N+](=O)[O-])cc3)s2)cc1OCC. The van der Waals surface area contributed by atoms with Crippen LogP contribution in [0.3, 0.4) is 0 Å². The molecule has 0 spiro atoms. The second-order valence-corrected chi connectivity index (χ2v) is 8.70. The zero-order valence-electron chi connectivity index (χ0n) is 18.3. The molecule has 2 N–H and O–H groups in total. The lowest BCUT2D eigenvalue weighted by Crippen LogP contribution is -2.13. The van der Waals surface area contributed by atoms with E-state index < -0.39 is 4.92 Å². The molecule has 2 amide bonds. The third-order valence-corrected chi connectivity index (χ3v) is 6.09. The first-order chi connectivity index (χ1) is 16.4. The van der Waals surface area contributed by atoms with E-state index in [1.54, 1.807) is 18.2 Å². The molecule has 0 radical (unpaired) electrons. The molecule has 34 heavy (non-hydrogen) atoms. The van der Waals surface area contributed by atoms with Gasteiger partial charge >= 0.3 is 0 Å². The number of ether oxygens (including phenoxy) is 2. The number of amides is 2. The molecule has 0 fully saturated rings. The molecule has 0 saturated heterocycles. The van der Waals surface area contributed by atoms with Crippen LogP contribution in [0.2, 0.25) is 0 Å². The van der Waals surface area contributed by atoms with Crippen molar-refractivity contribution in [2.75, 3.05) is 29.6 Å². The normalized spacial score (nSPS) is 10.4. The van der Waals surface area contributed by atoms with Crippen LogP contribution in [0.25, 0.3) is 0 Å². The highest BCUT2D eigenvalue weighted by atomic mass is 32.2. The van der Waals surface area contributed by atoms with Gasteiger partial charge < -0.3 is 14.8 Å². The van der Waals surface area contributed by atoms with Gasteiger partial charge in [-0.3, -0.25) is 25.0 Å². The van der Waals surface area contributed by atoms with Crippen LogP contribution < -0.4 is 20.1 Å². The van der Waals surface area contributed by atoms with Crippen molar-refractivity contribution in [3.63, 3.8) is 0 Å². The topological polar surface area (TPSA) is 146 Å². The Kier molecular flexibility index (Phi) is 8.76. The maximum atomic E-state index is 12.6. The molecule has 11 nitrogen and oxygen atoms in total. The number of nitrogens with zero attached hydrogens (tertiary/aromatic N) is 3. The highest BCUT2D eigenvalue weighted by molar-refractivity contribution is 8.01. The number of hydrogen-bond acceptors (Lipinski definition) is 10. The van der Waals surface area contributed by atoms with E-state index in [4.69, 9.17) is 9.47 Å². The molecule has 0 saturated carbocycles. The molecule has 0 bridgehead atoms. The highest BCUT2D eigenvalue weighted by Crippen LogP contribution is 2.30. The molecule has 2 aromatic carbocycles. The molecule has 1 aromatic heterocycles. The third kappa shape index (κ3) is 6.89. The Hall–Kier alpha value is -3.71. The molecule has 0 aliphatic rings. The van der Waals surface area contributed by atoms with Gasteiger partial charge in [-0.1, -0.05) is 23.1 Å². The number of carbonyl (C=O) groups excluding carboxylic acids is 2. The van der Waals surface area contributed by atoms with Crippen molar-refractivity contribution < 1.29 is 24.0 Å². The van der Waals surface area contributed by atoms with Crippen LogP contribution in [0.4, 0.5) is 16.5 Å². The van der Waals surface area contributed by atoms with Crippen molar-refractivity contribution in [3.05, 3.63) is 58.1 Å². The lowest BCUT2D eigenvalue weighted by atomic mass is 10.2. The minimum atomic E-state index is -0.513. The first-order valence-electron chi connectivity index (χ1n) is 10.1. The van der Waals surface area contributed by atoms with Gasteiger partial charge in [-0.25, -0.2) is 0 Å². The largest absolute Gasteiger partial charge is 0.490 e. The monoisotopic (exact) mass is 503 g/mol. The smallest absolute Gasteiger partial charge is 0.269 e. The van der Waals surface area contributed by atoms with Crippen LogP contribution in [0.5, 0.6) is 11.5 Å². The number of nitro groups is 1. The van der Waals surface area contributed by atoms with Gasteiger partial charge in [0.25, 0.3) is 11.6 Å². The standard InChI is InChI=1S/C21H21N5O6S2/c1-3-31-16-10-5-13(11-17(16)32-4-2)19(28)23-20-24-25-21(34-20)33-12-18(27)22-14-6-8-15(9-7-14)26(29)30/h5-11H,3-4,12H2,1-2H3,(H,22,27)(H,23,24,28). The summed E-state index contributed by atoms with van der Waals surface area (Å²) in [7, 11) is 0. The summed E-state index contributed by atoms with van der Waals surface area (Å²) in [5, 5.41) is 24.2. The number of anilines is 2. The van der Waals surface area contributed by atoms with Gasteiger partial charge in [-0.2, -0.15) is 0 Å². The van der Waals surface area contributed by atoms with Gasteiger partial charge in [0.1, 0.15) is 0 Å². The molecule has 3 rings (SSSR count). The minimum Gasteiger partial charge on any atom is -0.490 e. The molecule has 1 heterocycles. The molecule has 0 atom stereocenters. The predicted molar refractivity (Wildman–Crippen MR) is 129 cm³/mol. The van der Waals surface area contributed by atoms with E-state index >= 15 is 0 Å². The van der Waals surface area contributed by atoms with Gasteiger partial charge in [-0.15, -0.1) is 10.2 Å². The van der Waals surface area contributed by atoms with Crippen LogP contribution in [0.15, 0.2) is 46.8 Å². The number of carbonyl (C=O) groups is 2. The maximum absolute atomic E-state index is 12.6. The van der Waals surface area contributed by atoms with E-state index in [-0.39, 0.29) is 28.4 Å². The fourth-order valence-electron chi connectivity index (χ4n) is 2.67. The number of nitrogens with one attached hydrogen (secondary N) is 2. The maximum Gasteiger partial charge on any atom is 0.269 e. The van der Waals surface area contributed by atoms with Crippen molar-refractivity contribution in [1.29, 1.82) is 0 Å². The van der Waals surface area contributed by atoms with Gasteiger partial charge in [0.15, 0.2) is 15.8 Å². The van der Waals surface area contributed by atoms with Crippen molar-refractivity contribution in [3.8, 4) is 11.5 Å². The highest BCUT2D eigenvalue weighted by Gasteiger charge is 2.15. The number of thioether (sulfide) groups is 1. The van der Waals surface area contributed by atoms with Gasteiger partial charge in [0, 0.05) is 23.4 Å². The van der Waals surface area contributed by atoms with Crippen LogP contribution in [-0.4, -0.2) is 45.9 Å². The predicted octanol–water partition coefficient (Wildman–Crippen LogP) is 4.23. The van der Waals surface area contributed by atoms with E-state index in [1.807, 2.05) is 13.8 Å². The molecule has 0 unspecified atom stereocenters.